The average molecular weight is 297 g/mol. The third-order valence-electron chi connectivity index (χ3n) is 3.82. The molecule has 3 heterocycles. The summed E-state index contributed by atoms with van der Waals surface area (Å²) in [5, 5.41) is 3.30. The van der Waals surface area contributed by atoms with E-state index in [-0.39, 0.29) is 5.56 Å². The van der Waals surface area contributed by atoms with Crippen LogP contribution in [-0.2, 0) is 7.05 Å². The molecule has 1 N–H and O–H groups in total. The summed E-state index contributed by atoms with van der Waals surface area (Å²) in [7, 11) is 1.87. The lowest BCUT2D eigenvalue weighted by molar-refractivity contribution is 0.759. The summed E-state index contributed by atoms with van der Waals surface area (Å²) >= 11 is 0. The molecule has 0 saturated carbocycles. The molecule has 0 fully saturated rings. The van der Waals surface area contributed by atoms with Gasteiger partial charge in [-0.15, -0.1) is 0 Å². The van der Waals surface area contributed by atoms with Crippen LogP contribution in [0, 0.1) is 0 Å². The van der Waals surface area contributed by atoms with Crippen LogP contribution >= 0.6 is 0 Å². The molecule has 6 heteroatoms. The fraction of sp³-hybridized carbons (Fsp3) is 0.312. The predicted octanol–water partition coefficient (Wildman–Crippen LogP) is 2.33. The maximum Gasteiger partial charge on any atom is 0.283 e. The van der Waals surface area contributed by atoms with Gasteiger partial charge in [0.2, 0.25) is 0 Å². The van der Waals surface area contributed by atoms with E-state index in [1.807, 2.05) is 29.8 Å². The second-order valence-corrected chi connectivity index (χ2v) is 5.44. The highest BCUT2D eigenvalue weighted by Gasteiger charge is 2.09. The minimum absolute atomic E-state index is 0.137. The summed E-state index contributed by atoms with van der Waals surface area (Å²) in [6.07, 6.45) is 6.12. The quantitative estimate of drug-likeness (QED) is 0.802. The van der Waals surface area contributed by atoms with Gasteiger partial charge < -0.3 is 9.88 Å². The SMILES string of the molecule is CCC(C)Nc1ccc(-n2ccc3c(ncn3C)c2=O)cn1. The van der Waals surface area contributed by atoms with E-state index in [1.165, 1.54) is 0 Å². The lowest BCUT2D eigenvalue weighted by atomic mass is 10.2. The fourth-order valence-corrected chi connectivity index (χ4v) is 2.30. The monoisotopic (exact) mass is 297 g/mol. The van der Waals surface area contributed by atoms with Gasteiger partial charge in [-0.05, 0) is 31.5 Å². The highest BCUT2D eigenvalue weighted by atomic mass is 16.1. The van der Waals surface area contributed by atoms with Crippen molar-refractivity contribution < 1.29 is 0 Å². The van der Waals surface area contributed by atoms with Crippen LogP contribution in [0.2, 0.25) is 0 Å². The molecule has 0 aliphatic carbocycles. The van der Waals surface area contributed by atoms with Gasteiger partial charge in [-0.25, -0.2) is 9.97 Å². The van der Waals surface area contributed by atoms with Crippen molar-refractivity contribution in [3.63, 3.8) is 0 Å². The standard InChI is InChI=1S/C16H19N5O/c1-4-11(2)19-14-6-5-12(9-17-14)21-8-7-13-15(16(21)22)18-10-20(13)3/h5-11H,4H2,1-3H3,(H,17,19). The molecule has 6 nitrogen and oxygen atoms in total. The zero-order valence-corrected chi connectivity index (χ0v) is 12.9. The molecular formula is C16H19N5O. The minimum atomic E-state index is -0.137. The minimum Gasteiger partial charge on any atom is -0.368 e. The fourth-order valence-electron chi connectivity index (χ4n) is 2.30. The van der Waals surface area contributed by atoms with Gasteiger partial charge >= 0.3 is 0 Å². The molecule has 3 aromatic heterocycles. The highest BCUT2D eigenvalue weighted by Crippen LogP contribution is 2.12. The van der Waals surface area contributed by atoms with Crippen molar-refractivity contribution in [3.8, 4) is 5.69 Å². The Morgan fingerprint density at radius 1 is 1.27 bits per heavy atom. The Hall–Kier alpha value is -2.63. The van der Waals surface area contributed by atoms with Crippen molar-refractivity contribution in [1.29, 1.82) is 0 Å². The van der Waals surface area contributed by atoms with Gasteiger partial charge in [-0.1, -0.05) is 6.92 Å². The summed E-state index contributed by atoms with van der Waals surface area (Å²) in [5.41, 5.74) is 1.88. The Balaban J connectivity index is 1.97. The number of nitrogens with one attached hydrogen (secondary N) is 1. The molecule has 1 unspecified atom stereocenters. The third-order valence-corrected chi connectivity index (χ3v) is 3.82. The number of anilines is 1. The van der Waals surface area contributed by atoms with E-state index in [1.54, 1.807) is 23.3 Å². The summed E-state index contributed by atoms with van der Waals surface area (Å²) in [5.74, 6) is 0.810. The zero-order valence-electron chi connectivity index (χ0n) is 12.9. The van der Waals surface area contributed by atoms with E-state index in [0.717, 1.165) is 23.4 Å². The molecule has 3 rings (SSSR count). The van der Waals surface area contributed by atoms with Gasteiger partial charge in [0.05, 0.1) is 23.7 Å². The molecule has 0 bridgehead atoms. The Labute approximate surface area is 128 Å². The number of aromatic nitrogens is 4. The van der Waals surface area contributed by atoms with Crippen molar-refractivity contribution in [2.24, 2.45) is 7.05 Å². The molecule has 0 aliphatic rings. The van der Waals surface area contributed by atoms with E-state index < -0.39 is 0 Å². The lowest BCUT2D eigenvalue weighted by Gasteiger charge is -2.12. The molecular weight excluding hydrogens is 278 g/mol. The van der Waals surface area contributed by atoms with Crippen LogP contribution in [-0.4, -0.2) is 25.1 Å². The first-order valence-electron chi connectivity index (χ1n) is 7.35. The topological polar surface area (TPSA) is 64.7 Å². The first kappa shape index (κ1) is 14.3. The molecule has 0 saturated heterocycles. The summed E-state index contributed by atoms with van der Waals surface area (Å²) < 4.78 is 3.40. The molecule has 22 heavy (non-hydrogen) atoms. The van der Waals surface area contributed by atoms with Crippen LogP contribution in [0.15, 0.2) is 41.7 Å². The first-order valence-corrected chi connectivity index (χ1v) is 7.35. The van der Waals surface area contributed by atoms with Gasteiger partial charge in [-0.3, -0.25) is 9.36 Å². The zero-order chi connectivity index (χ0) is 15.7. The smallest absolute Gasteiger partial charge is 0.283 e. The van der Waals surface area contributed by atoms with Crippen molar-refractivity contribution >= 4 is 16.9 Å². The molecule has 0 radical (unpaired) electrons. The van der Waals surface area contributed by atoms with Crippen molar-refractivity contribution in [2.75, 3.05) is 5.32 Å². The van der Waals surface area contributed by atoms with Crippen LogP contribution < -0.4 is 10.9 Å². The number of rotatable bonds is 4. The summed E-state index contributed by atoms with van der Waals surface area (Å²) in [4.78, 5) is 21.0. The van der Waals surface area contributed by atoms with E-state index in [4.69, 9.17) is 0 Å². The molecule has 3 aromatic rings. The first-order chi connectivity index (χ1) is 10.6. The number of aryl methyl sites for hydroxylation is 1. The molecule has 0 aromatic carbocycles. The van der Waals surface area contributed by atoms with Crippen LogP contribution in [0.3, 0.4) is 0 Å². The summed E-state index contributed by atoms with van der Waals surface area (Å²) in [6.45, 7) is 4.22. The molecule has 1 atom stereocenters. The number of hydrogen-bond donors (Lipinski definition) is 1. The normalized spacial score (nSPS) is 12.5. The highest BCUT2D eigenvalue weighted by molar-refractivity contribution is 5.74. The van der Waals surface area contributed by atoms with Crippen molar-refractivity contribution in [3.05, 3.63) is 47.3 Å². The van der Waals surface area contributed by atoms with Crippen LogP contribution in [0.5, 0.6) is 0 Å². The van der Waals surface area contributed by atoms with Gasteiger partial charge in [0.1, 0.15) is 5.82 Å². The Bertz CT molecular complexity index is 847. The molecule has 0 amide bonds. The lowest BCUT2D eigenvalue weighted by Crippen LogP contribution is -2.18. The van der Waals surface area contributed by atoms with E-state index in [0.29, 0.717) is 11.6 Å². The molecule has 0 spiro atoms. The second-order valence-electron chi connectivity index (χ2n) is 5.44. The molecule has 114 valence electrons. The largest absolute Gasteiger partial charge is 0.368 e. The Kier molecular flexibility index (Phi) is 3.66. The maximum atomic E-state index is 12.5. The van der Waals surface area contributed by atoms with Gasteiger partial charge in [-0.2, -0.15) is 0 Å². The Morgan fingerprint density at radius 3 is 2.77 bits per heavy atom. The van der Waals surface area contributed by atoms with Crippen LogP contribution in [0.25, 0.3) is 16.7 Å². The number of hydrogen-bond acceptors (Lipinski definition) is 4. The number of imidazole rings is 1. The second kappa shape index (κ2) is 5.63. The van der Waals surface area contributed by atoms with Crippen molar-refractivity contribution in [2.45, 2.75) is 26.3 Å². The van der Waals surface area contributed by atoms with E-state index >= 15 is 0 Å². The number of fused-ring (bicyclic) bond motifs is 1. The third kappa shape index (κ3) is 2.47. The number of pyridine rings is 2. The van der Waals surface area contributed by atoms with Gasteiger partial charge in [0.15, 0.2) is 5.52 Å². The van der Waals surface area contributed by atoms with Gasteiger partial charge in [0, 0.05) is 19.3 Å². The van der Waals surface area contributed by atoms with Crippen molar-refractivity contribution in [1.82, 2.24) is 19.1 Å². The van der Waals surface area contributed by atoms with Crippen LogP contribution in [0.1, 0.15) is 20.3 Å². The number of nitrogens with zero attached hydrogens (tertiary/aromatic N) is 4. The van der Waals surface area contributed by atoms with E-state index in [9.17, 15) is 4.79 Å². The maximum absolute atomic E-state index is 12.5. The van der Waals surface area contributed by atoms with E-state index in [2.05, 4.69) is 29.1 Å². The average Bonchev–Trinajstić information content (AvgIpc) is 2.91. The predicted molar refractivity (Wildman–Crippen MR) is 87.5 cm³/mol. The van der Waals surface area contributed by atoms with Crippen LogP contribution in [0.4, 0.5) is 5.82 Å². The van der Waals surface area contributed by atoms with Gasteiger partial charge in [0.25, 0.3) is 5.56 Å². The summed E-state index contributed by atoms with van der Waals surface area (Å²) in [6, 6.07) is 6.02. The Morgan fingerprint density at radius 2 is 2.09 bits per heavy atom. The molecule has 0 aliphatic heterocycles.